The minimum Gasteiger partial charge on any atom is -0.506 e. The number of esters is 2. The molecule has 0 aliphatic carbocycles. The summed E-state index contributed by atoms with van der Waals surface area (Å²) in [5.74, 6) is 1.10. The zero-order chi connectivity index (χ0) is 59.4. The van der Waals surface area contributed by atoms with Crippen LogP contribution in [0.3, 0.4) is 0 Å². The van der Waals surface area contributed by atoms with Crippen LogP contribution in [0.4, 0.5) is 11.4 Å². The minimum atomic E-state index is -0.662. The van der Waals surface area contributed by atoms with Crippen molar-refractivity contribution in [2.24, 2.45) is 0 Å². The van der Waals surface area contributed by atoms with Gasteiger partial charge in [-0.05, 0) is 142 Å². The number of anilines is 2. The lowest BCUT2D eigenvalue weighted by Crippen LogP contribution is -2.20. The number of benzene rings is 6. The average Bonchev–Trinajstić information content (AvgIpc) is 4.29. The quantitative estimate of drug-likeness (QED) is 0.0992. The number of nitrogens with zero attached hydrogens (tertiary/aromatic N) is 2. The molecule has 0 spiro atoms. The van der Waals surface area contributed by atoms with E-state index in [0.717, 1.165) is 85.5 Å². The third-order valence-corrected chi connectivity index (χ3v) is 19.3. The zero-order valence-electron chi connectivity index (χ0n) is 50.3. The lowest BCUT2D eigenvalue weighted by atomic mass is 9.87. The summed E-state index contributed by atoms with van der Waals surface area (Å²) < 4.78 is 37.6. The van der Waals surface area contributed by atoms with Crippen molar-refractivity contribution >= 4 is 70.4 Å². The SMILES string of the molecule is COc1cc(C(=O)Oc2c3cc(C(C)(C)C)cc2Sc2cc(C(C)(C)C)cc(c2OC(=O)c2cc(OC)c(N4CCCC4)c(OC)c2)Sc2cc(C(C)(C)C)cc(c2O)Sc2cc(C(C)(C)C)cc(c2O)S3)cc(OC)c1N1CCCC1. The van der Waals surface area contributed by atoms with Crippen LogP contribution >= 0.6 is 47.0 Å². The van der Waals surface area contributed by atoms with Crippen LogP contribution in [0, 0.1) is 0 Å². The van der Waals surface area contributed by atoms with Gasteiger partial charge in [-0.1, -0.05) is 130 Å². The van der Waals surface area contributed by atoms with Crippen LogP contribution in [-0.2, 0) is 21.7 Å². The van der Waals surface area contributed by atoms with E-state index in [1.54, 1.807) is 52.7 Å². The second-order valence-corrected chi connectivity index (χ2v) is 29.6. The number of fused-ring (bicyclic) bond motifs is 8. The molecule has 8 bridgehead atoms. The molecule has 0 atom stereocenters. The molecule has 0 radical (unpaired) electrons. The van der Waals surface area contributed by atoms with Crippen molar-refractivity contribution in [2.75, 3.05) is 64.4 Å². The minimum absolute atomic E-state index is 0.0143. The number of carbonyl (C=O) groups is 2. The highest BCUT2D eigenvalue weighted by molar-refractivity contribution is 8.01. The molecule has 0 unspecified atom stereocenters. The van der Waals surface area contributed by atoms with Crippen molar-refractivity contribution in [1.82, 2.24) is 0 Å². The molecule has 3 aliphatic rings. The summed E-state index contributed by atoms with van der Waals surface area (Å²) in [6.45, 7) is 28.8. The number of methoxy groups -OCH3 is 4. The van der Waals surface area contributed by atoms with E-state index in [9.17, 15) is 10.2 Å². The Bertz CT molecular complexity index is 3170. The van der Waals surface area contributed by atoms with Crippen molar-refractivity contribution in [1.29, 1.82) is 0 Å². The van der Waals surface area contributed by atoms with Crippen LogP contribution in [0.25, 0.3) is 0 Å². The van der Waals surface area contributed by atoms with Gasteiger partial charge in [-0.25, -0.2) is 9.59 Å². The Kier molecular flexibility index (Phi) is 17.5. The summed E-state index contributed by atoms with van der Waals surface area (Å²) in [6, 6.07) is 22.9. The third-order valence-electron chi connectivity index (χ3n) is 15.1. The van der Waals surface area contributed by atoms with Gasteiger partial charge >= 0.3 is 11.9 Å². The Morgan fingerprint density at radius 2 is 0.598 bits per heavy atom. The van der Waals surface area contributed by atoms with E-state index >= 15 is 9.59 Å². The number of aromatic hydroxyl groups is 2. The van der Waals surface area contributed by atoms with Crippen LogP contribution in [0.2, 0.25) is 0 Å². The molecule has 0 aromatic heterocycles. The lowest BCUT2D eigenvalue weighted by Gasteiger charge is -2.27. The third kappa shape index (κ3) is 12.8. The Morgan fingerprint density at radius 1 is 0.378 bits per heavy atom. The maximum absolute atomic E-state index is 15.2. The van der Waals surface area contributed by atoms with Crippen molar-refractivity contribution in [3.05, 3.63) is 106 Å². The van der Waals surface area contributed by atoms with Gasteiger partial charge in [0.2, 0.25) is 0 Å². The van der Waals surface area contributed by atoms with Crippen LogP contribution < -0.4 is 38.2 Å². The van der Waals surface area contributed by atoms with Gasteiger partial charge in [-0.2, -0.15) is 0 Å². The molecule has 3 heterocycles. The Balaban J connectivity index is 1.34. The lowest BCUT2D eigenvalue weighted by molar-refractivity contribution is 0.0716. The van der Waals surface area contributed by atoms with Gasteiger partial charge in [0.1, 0.15) is 45.9 Å². The van der Waals surface area contributed by atoms with E-state index in [0.29, 0.717) is 62.2 Å². The number of rotatable bonds is 10. The number of phenols is 2. The molecular weight excluding hydrogens is 1110 g/mol. The number of hydrogen-bond donors (Lipinski definition) is 2. The fourth-order valence-electron chi connectivity index (χ4n) is 10.2. The largest absolute Gasteiger partial charge is 0.506 e. The molecule has 3 aliphatic heterocycles. The summed E-state index contributed by atoms with van der Waals surface area (Å²) >= 11 is 5.18. The highest BCUT2D eigenvalue weighted by Crippen LogP contribution is 2.57. The van der Waals surface area contributed by atoms with E-state index in [2.05, 4.69) is 92.9 Å². The van der Waals surface area contributed by atoms with Crippen molar-refractivity contribution < 1.29 is 48.2 Å². The average molecular weight is 1190 g/mol. The zero-order valence-corrected chi connectivity index (χ0v) is 53.5. The second kappa shape index (κ2) is 23.6. The standard InChI is InChI=1S/C66H78N2O10S4/c1-63(2,3)39-29-47-57(69)49(31-39)80-51-33-41(65(7,8)9)35-53(59(51)77-61(71)37-25-43(73-13)55(44(26-37)74-14)67-21-17-18-22-67)82-54-36-42(66(10,11)12)34-52(81-50-32-40(64(4,5)6)30-48(79-47)58(50)70)60(54)78-62(72)38-27-45(75-15)56(46(28-38)76-16)68-23-19-20-24-68/h25-36,69-70H,17-24H2,1-16H3. The number of hydrogen-bond acceptors (Lipinski definition) is 16. The predicted octanol–water partition coefficient (Wildman–Crippen LogP) is 16.9. The summed E-state index contributed by atoms with van der Waals surface area (Å²) in [5, 5.41) is 25.3. The first kappa shape index (κ1) is 60.6. The molecule has 0 saturated carbocycles. The molecule has 2 saturated heterocycles. The highest BCUT2D eigenvalue weighted by atomic mass is 32.2. The first-order chi connectivity index (χ1) is 38.6. The second-order valence-electron chi connectivity index (χ2n) is 25.3. The van der Waals surface area contributed by atoms with Gasteiger partial charge in [0.25, 0.3) is 0 Å². The summed E-state index contributed by atoms with van der Waals surface area (Å²) in [6.07, 6.45) is 4.11. The number of phenolic OH excluding ortho intramolecular Hbond substituents is 2. The monoisotopic (exact) mass is 1190 g/mol. The first-order valence-electron chi connectivity index (χ1n) is 27.9. The van der Waals surface area contributed by atoms with Gasteiger partial charge in [0, 0.05) is 26.2 Å². The van der Waals surface area contributed by atoms with Crippen LogP contribution in [0.5, 0.6) is 46.0 Å². The smallest absolute Gasteiger partial charge is 0.343 e. The Labute approximate surface area is 501 Å². The number of ether oxygens (including phenoxy) is 6. The van der Waals surface area contributed by atoms with Crippen LogP contribution in [-0.4, -0.2) is 76.8 Å². The van der Waals surface area contributed by atoms with E-state index in [1.807, 2.05) is 48.5 Å². The molecule has 6 aromatic rings. The Hall–Kier alpha value is -5.94. The van der Waals surface area contributed by atoms with Crippen molar-refractivity contribution in [3.63, 3.8) is 0 Å². The van der Waals surface area contributed by atoms with E-state index in [-0.39, 0.29) is 45.0 Å². The van der Waals surface area contributed by atoms with E-state index in [4.69, 9.17) is 28.4 Å². The van der Waals surface area contributed by atoms with Crippen molar-refractivity contribution in [3.8, 4) is 46.0 Å². The maximum Gasteiger partial charge on any atom is 0.343 e. The molecular formula is C66H78N2O10S4. The fraction of sp³-hybridized carbons (Fsp3) is 0.424. The number of carbonyl (C=O) groups excluding carboxylic acids is 2. The summed E-state index contributed by atoms with van der Waals surface area (Å²) in [4.78, 5) is 39.2. The summed E-state index contributed by atoms with van der Waals surface area (Å²) in [7, 11) is 6.34. The molecule has 9 rings (SSSR count). The normalized spacial score (nSPS) is 14.9. The van der Waals surface area contributed by atoms with Crippen molar-refractivity contribution in [2.45, 2.75) is 170 Å². The van der Waals surface area contributed by atoms with Gasteiger partial charge in [-0.3, -0.25) is 0 Å². The molecule has 6 aromatic carbocycles. The topological polar surface area (TPSA) is 136 Å². The fourth-order valence-corrected chi connectivity index (χ4v) is 14.7. The highest BCUT2D eigenvalue weighted by Gasteiger charge is 2.33. The van der Waals surface area contributed by atoms with Gasteiger partial charge in [0.15, 0.2) is 11.5 Å². The van der Waals surface area contributed by atoms with E-state index < -0.39 is 22.8 Å². The molecule has 2 N–H and O–H groups in total. The van der Waals surface area contributed by atoms with Gasteiger partial charge in [0.05, 0.1) is 78.7 Å². The molecule has 16 heteroatoms. The molecule has 436 valence electrons. The van der Waals surface area contributed by atoms with Crippen LogP contribution in [0.15, 0.2) is 112 Å². The van der Waals surface area contributed by atoms with Gasteiger partial charge in [-0.15, -0.1) is 0 Å². The van der Waals surface area contributed by atoms with E-state index in [1.165, 1.54) is 47.0 Å². The first-order valence-corrected chi connectivity index (χ1v) is 31.2. The maximum atomic E-state index is 15.2. The van der Waals surface area contributed by atoms with Gasteiger partial charge < -0.3 is 48.4 Å². The van der Waals surface area contributed by atoms with Crippen LogP contribution in [0.1, 0.15) is 152 Å². The molecule has 12 nitrogen and oxygen atoms in total. The molecule has 0 amide bonds. The molecule has 82 heavy (non-hydrogen) atoms. The summed E-state index contributed by atoms with van der Waals surface area (Å²) in [5.41, 5.74) is 4.10. The molecule has 2 fully saturated rings. The Morgan fingerprint density at radius 3 is 0.829 bits per heavy atom. The predicted molar refractivity (Wildman–Crippen MR) is 332 cm³/mol.